The number of carboxylic acids is 2. The molecule has 0 heterocycles. The minimum atomic E-state index is -1.31. The molecule has 0 bridgehead atoms. The van der Waals surface area contributed by atoms with Gasteiger partial charge in [0, 0.05) is 22.0 Å². The molecule has 0 spiro atoms. The summed E-state index contributed by atoms with van der Waals surface area (Å²) in [6, 6.07) is 2.80. The third kappa shape index (κ3) is 5.07. The lowest BCUT2D eigenvalue weighted by Gasteiger charge is -2.13. The molecule has 6 nitrogen and oxygen atoms in total. The standard InChI is InChI=1S/C12H11Cl2NO5/c13-7-3-6(4-8(14)5-7)11(18)15-9(12(19)20)1-2-10(16)17/h3-5,9H,1-2H2,(H,15,18)(H,16,17)(H,19,20)/t9-/m0/s1. The van der Waals surface area contributed by atoms with Gasteiger partial charge in [-0.15, -0.1) is 0 Å². The second-order valence-corrected chi connectivity index (χ2v) is 4.83. The minimum absolute atomic E-state index is 0.101. The molecule has 0 saturated carbocycles. The van der Waals surface area contributed by atoms with Crippen LogP contribution in [0.3, 0.4) is 0 Å². The zero-order chi connectivity index (χ0) is 15.3. The van der Waals surface area contributed by atoms with E-state index in [0.29, 0.717) is 0 Å². The highest BCUT2D eigenvalue weighted by atomic mass is 35.5. The number of carbonyl (C=O) groups excluding carboxylic acids is 1. The van der Waals surface area contributed by atoms with E-state index >= 15 is 0 Å². The van der Waals surface area contributed by atoms with Gasteiger partial charge in [-0.1, -0.05) is 23.2 Å². The first kappa shape index (κ1) is 16.3. The monoisotopic (exact) mass is 319 g/mol. The Morgan fingerprint density at radius 3 is 2.10 bits per heavy atom. The van der Waals surface area contributed by atoms with Crippen LogP contribution in [0.25, 0.3) is 0 Å². The van der Waals surface area contributed by atoms with Crippen LogP contribution in [0, 0.1) is 0 Å². The molecule has 1 rings (SSSR count). The van der Waals surface area contributed by atoms with Gasteiger partial charge >= 0.3 is 11.9 Å². The highest BCUT2D eigenvalue weighted by molar-refractivity contribution is 6.35. The summed E-state index contributed by atoms with van der Waals surface area (Å²) in [5, 5.41) is 20.2. The van der Waals surface area contributed by atoms with Crippen LogP contribution in [0.4, 0.5) is 0 Å². The fourth-order valence-electron chi connectivity index (χ4n) is 1.45. The molecule has 0 aliphatic carbocycles. The molecule has 20 heavy (non-hydrogen) atoms. The minimum Gasteiger partial charge on any atom is -0.481 e. The van der Waals surface area contributed by atoms with Crippen molar-refractivity contribution in [2.75, 3.05) is 0 Å². The molecule has 0 aliphatic rings. The van der Waals surface area contributed by atoms with Crippen LogP contribution in [0.5, 0.6) is 0 Å². The van der Waals surface area contributed by atoms with E-state index < -0.39 is 23.9 Å². The molecule has 3 N–H and O–H groups in total. The predicted molar refractivity (Wildman–Crippen MR) is 72.2 cm³/mol. The van der Waals surface area contributed by atoms with E-state index in [2.05, 4.69) is 5.32 Å². The zero-order valence-corrected chi connectivity index (χ0v) is 11.6. The zero-order valence-electron chi connectivity index (χ0n) is 10.1. The highest BCUT2D eigenvalue weighted by Gasteiger charge is 2.21. The van der Waals surface area contributed by atoms with Crippen molar-refractivity contribution >= 4 is 41.0 Å². The molecule has 0 aromatic heterocycles. The molecule has 1 aromatic rings. The largest absolute Gasteiger partial charge is 0.481 e. The molecule has 1 amide bonds. The molecular formula is C12H11Cl2NO5. The van der Waals surface area contributed by atoms with Gasteiger partial charge in [-0.2, -0.15) is 0 Å². The molecule has 0 aliphatic heterocycles. The van der Waals surface area contributed by atoms with Crippen LogP contribution in [0.1, 0.15) is 23.2 Å². The van der Waals surface area contributed by atoms with Gasteiger partial charge < -0.3 is 15.5 Å². The van der Waals surface area contributed by atoms with Crippen molar-refractivity contribution in [1.82, 2.24) is 5.32 Å². The van der Waals surface area contributed by atoms with Gasteiger partial charge in [0.15, 0.2) is 0 Å². The van der Waals surface area contributed by atoms with Gasteiger partial charge in [-0.05, 0) is 24.6 Å². The van der Waals surface area contributed by atoms with Gasteiger partial charge in [0.25, 0.3) is 5.91 Å². The maximum Gasteiger partial charge on any atom is 0.326 e. The Morgan fingerprint density at radius 1 is 1.10 bits per heavy atom. The van der Waals surface area contributed by atoms with Crippen molar-refractivity contribution in [2.45, 2.75) is 18.9 Å². The van der Waals surface area contributed by atoms with Gasteiger partial charge in [0.1, 0.15) is 6.04 Å². The van der Waals surface area contributed by atoms with Gasteiger partial charge in [-0.3, -0.25) is 9.59 Å². The topological polar surface area (TPSA) is 104 Å². The first-order valence-corrected chi connectivity index (χ1v) is 6.26. The van der Waals surface area contributed by atoms with Crippen LogP contribution >= 0.6 is 23.2 Å². The van der Waals surface area contributed by atoms with E-state index in [1.165, 1.54) is 18.2 Å². The van der Waals surface area contributed by atoms with Crippen LogP contribution in [0.15, 0.2) is 18.2 Å². The Balaban J connectivity index is 2.79. The smallest absolute Gasteiger partial charge is 0.326 e. The third-order valence-corrected chi connectivity index (χ3v) is 2.81. The molecule has 8 heteroatoms. The van der Waals surface area contributed by atoms with Crippen LogP contribution < -0.4 is 5.32 Å². The van der Waals surface area contributed by atoms with Crippen molar-refractivity contribution in [1.29, 1.82) is 0 Å². The number of hydrogen-bond acceptors (Lipinski definition) is 3. The second kappa shape index (κ2) is 7.12. The molecule has 0 radical (unpaired) electrons. The van der Waals surface area contributed by atoms with Crippen molar-refractivity contribution in [3.8, 4) is 0 Å². The lowest BCUT2D eigenvalue weighted by Crippen LogP contribution is -2.41. The van der Waals surface area contributed by atoms with Crippen LogP contribution in [-0.2, 0) is 9.59 Å². The number of benzene rings is 1. The molecule has 0 fully saturated rings. The Hall–Kier alpha value is -1.79. The number of rotatable bonds is 6. The van der Waals surface area contributed by atoms with Crippen molar-refractivity contribution in [2.24, 2.45) is 0 Å². The van der Waals surface area contributed by atoms with Gasteiger partial charge in [0.2, 0.25) is 0 Å². The maximum absolute atomic E-state index is 11.9. The Kier molecular flexibility index (Phi) is 5.79. The Bertz CT molecular complexity index is 526. The number of amides is 1. The maximum atomic E-state index is 11.9. The Labute approximate surface area is 124 Å². The number of nitrogens with one attached hydrogen (secondary N) is 1. The number of aliphatic carboxylic acids is 2. The van der Waals surface area contributed by atoms with E-state index in [9.17, 15) is 14.4 Å². The summed E-state index contributed by atoms with van der Waals surface area (Å²) in [6.07, 6.45) is -0.585. The van der Waals surface area contributed by atoms with E-state index in [1.807, 2.05) is 0 Å². The van der Waals surface area contributed by atoms with Crippen molar-refractivity contribution in [3.63, 3.8) is 0 Å². The van der Waals surface area contributed by atoms with E-state index in [4.69, 9.17) is 33.4 Å². The lowest BCUT2D eigenvalue weighted by atomic mass is 10.1. The van der Waals surface area contributed by atoms with E-state index in [0.717, 1.165) is 0 Å². The summed E-state index contributed by atoms with van der Waals surface area (Å²) in [4.78, 5) is 33.3. The summed E-state index contributed by atoms with van der Waals surface area (Å²) in [5.41, 5.74) is 0.101. The number of carboxylic acid groups (broad SMARTS) is 2. The van der Waals surface area contributed by atoms with Crippen molar-refractivity contribution in [3.05, 3.63) is 33.8 Å². The van der Waals surface area contributed by atoms with Gasteiger partial charge in [0.05, 0.1) is 0 Å². The van der Waals surface area contributed by atoms with Crippen LogP contribution in [0.2, 0.25) is 10.0 Å². The first-order chi connectivity index (χ1) is 9.29. The summed E-state index contributed by atoms with van der Waals surface area (Å²) in [5.74, 6) is -3.14. The fourth-order valence-corrected chi connectivity index (χ4v) is 1.98. The first-order valence-electron chi connectivity index (χ1n) is 5.51. The lowest BCUT2D eigenvalue weighted by molar-refractivity contribution is -0.140. The van der Waals surface area contributed by atoms with Crippen molar-refractivity contribution < 1.29 is 24.6 Å². The Morgan fingerprint density at radius 2 is 1.65 bits per heavy atom. The summed E-state index contributed by atoms with van der Waals surface area (Å²) < 4.78 is 0. The molecule has 0 unspecified atom stereocenters. The quantitative estimate of drug-likeness (QED) is 0.744. The fraction of sp³-hybridized carbons (Fsp3) is 0.250. The molecular weight excluding hydrogens is 309 g/mol. The SMILES string of the molecule is O=C(O)CC[C@H](NC(=O)c1cc(Cl)cc(Cl)c1)C(=O)O. The van der Waals surface area contributed by atoms with E-state index in [1.54, 1.807) is 0 Å². The number of hydrogen-bond donors (Lipinski definition) is 3. The van der Waals surface area contributed by atoms with E-state index in [-0.39, 0.29) is 28.5 Å². The molecule has 1 aromatic carbocycles. The number of carbonyl (C=O) groups is 3. The predicted octanol–water partition coefficient (Wildman–Crippen LogP) is 2.04. The highest BCUT2D eigenvalue weighted by Crippen LogP contribution is 2.19. The normalized spacial score (nSPS) is 11.7. The molecule has 0 saturated heterocycles. The molecule has 108 valence electrons. The van der Waals surface area contributed by atoms with Gasteiger partial charge in [-0.25, -0.2) is 4.79 Å². The van der Waals surface area contributed by atoms with Crippen LogP contribution in [-0.4, -0.2) is 34.1 Å². The third-order valence-electron chi connectivity index (χ3n) is 2.38. The average Bonchev–Trinajstić information content (AvgIpc) is 2.32. The summed E-state index contributed by atoms with van der Waals surface area (Å²) >= 11 is 11.5. The molecule has 1 atom stereocenters. The summed E-state index contributed by atoms with van der Waals surface area (Å²) in [7, 11) is 0. The second-order valence-electron chi connectivity index (χ2n) is 3.95. The summed E-state index contributed by atoms with van der Waals surface area (Å²) in [6.45, 7) is 0. The average molecular weight is 320 g/mol. The number of halogens is 2.